The number of aliphatic hydroxyl groups excluding tert-OH is 2. The fraction of sp³-hybridized carbons (Fsp3) is 0.800. The number of phosphoric acid groups is 1. The molecule has 0 aromatic heterocycles. The van der Waals surface area contributed by atoms with E-state index in [1.807, 2.05) is 0 Å². The highest BCUT2D eigenvalue weighted by Gasteiger charge is 2.31. The van der Waals surface area contributed by atoms with Crippen molar-refractivity contribution >= 4 is 14.1 Å². The van der Waals surface area contributed by atoms with Crippen LogP contribution < -0.4 is 5.73 Å². The molecule has 0 aromatic rings. The molecule has 0 rings (SSSR count). The van der Waals surface area contributed by atoms with Gasteiger partial charge in [-0.25, -0.2) is 4.57 Å². The van der Waals surface area contributed by atoms with E-state index < -0.39 is 32.7 Å². The van der Waals surface area contributed by atoms with Crippen molar-refractivity contribution < 1.29 is 33.9 Å². The first-order valence-corrected chi connectivity index (χ1v) is 5.08. The molecule has 0 fully saturated rings. The molecule has 0 radical (unpaired) electrons. The van der Waals surface area contributed by atoms with Gasteiger partial charge in [0.05, 0.1) is 12.6 Å². The van der Waals surface area contributed by atoms with Crippen LogP contribution in [-0.4, -0.2) is 51.1 Å². The number of hydrogen-bond donors (Lipinski definition) is 5. The van der Waals surface area contributed by atoms with E-state index in [-0.39, 0.29) is 6.29 Å². The van der Waals surface area contributed by atoms with Gasteiger partial charge in [-0.15, -0.1) is 0 Å². The molecule has 14 heavy (non-hydrogen) atoms. The maximum atomic E-state index is 10.3. The van der Waals surface area contributed by atoms with Crippen LogP contribution in [0.5, 0.6) is 0 Å². The molecule has 8 nitrogen and oxygen atoms in total. The second-order valence-corrected chi connectivity index (χ2v) is 3.73. The smallest absolute Gasteiger partial charge is 0.395 e. The van der Waals surface area contributed by atoms with Crippen LogP contribution >= 0.6 is 7.82 Å². The molecule has 84 valence electrons. The summed E-state index contributed by atoms with van der Waals surface area (Å²) in [5, 5.41) is 17.7. The predicted octanol–water partition coefficient (Wildman–Crippen LogP) is -2.66. The number of nitrogens with two attached hydrogens (primary N) is 1. The van der Waals surface area contributed by atoms with E-state index in [1.54, 1.807) is 0 Å². The van der Waals surface area contributed by atoms with Crippen LogP contribution in [0, 0.1) is 0 Å². The number of phosphoric ester groups is 1. The predicted molar refractivity (Wildman–Crippen MR) is 44.0 cm³/mol. The fourth-order valence-electron chi connectivity index (χ4n) is 0.678. The van der Waals surface area contributed by atoms with Gasteiger partial charge >= 0.3 is 7.82 Å². The summed E-state index contributed by atoms with van der Waals surface area (Å²) in [5.74, 6) is 0. The van der Waals surface area contributed by atoms with E-state index in [4.69, 9.17) is 25.7 Å². The fourth-order valence-corrected chi connectivity index (χ4v) is 1.17. The number of carbonyl (C=O) groups excluding carboxylic acids is 1. The summed E-state index contributed by atoms with van der Waals surface area (Å²) in [6.07, 6.45) is -3.44. The van der Waals surface area contributed by atoms with Crippen molar-refractivity contribution in [2.75, 3.05) is 6.61 Å². The molecule has 9 heteroatoms. The molecule has 6 N–H and O–H groups in total. The van der Waals surface area contributed by atoms with Gasteiger partial charge in [-0.1, -0.05) is 0 Å². The molecule has 0 saturated heterocycles. The van der Waals surface area contributed by atoms with Crippen molar-refractivity contribution in [1.29, 1.82) is 0 Å². The highest BCUT2D eigenvalue weighted by Crippen LogP contribution is 2.37. The summed E-state index contributed by atoms with van der Waals surface area (Å²) in [5.41, 5.74) is 5.12. The minimum absolute atomic E-state index is 0.000718. The Morgan fingerprint density at radius 1 is 1.50 bits per heavy atom. The minimum Gasteiger partial charge on any atom is -0.395 e. The van der Waals surface area contributed by atoms with E-state index in [0.29, 0.717) is 0 Å². The van der Waals surface area contributed by atoms with Crippen molar-refractivity contribution in [3.63, 3.8) is 0 Å². The SMILES string of the molecule is N[C@@H](CO)[C@H](O)[C@H](C=O)OP(=O)(O)O. The van der Waals surface area contributed by atoms with E-state index in [2.05, 4.69) is 4.52 Å². The topological polar surface area (TPSA) is 150 Å². The van der Waals surface area contributed by atoms with Gasteiger partial charge in [0.1, 0.15) is 6.10 Å². The zero-order chi connectivity index (χ0) is 11.4. The lowest BCUT2D eigenvalue weighted by Crippen LogP contribution is -2.46. The van der Waals surface area contributed by atoms with Crippen LogP contribution in [0.1, 0.15) is 0 Å². The zero-order valence-corrected chi connectivity index (χ0v) is 7.95. The molecule has 3 atom stereocenters. The third-order valence-electron chi connectivity index (χ3n) is 1.38. The lowest BCUT2D eigenvalue weighted by Gasteiger charge is -2.22. The van der Waals surface area contributed by atoms with Crippen LogP contribution in [0.15, 0.2) is 0 Å². The summed E-state index contributed by atoms with van der Waals surface area (Å²) < 4.78 is 14.2. The summed E-state index contributed by atoms with van der Waals surface area (Å²) in [6.45, 7) is -0.643. The third-order valence-corrected chi connectivity index (χ3v) is 1.90. The molecule has 0 aliphatic carbocycles. The van der Waals surface area contributed by atoms with Gasteiger partial charge in [0, 0.05) is 0 Å². The number of rotatable bonds is 6. The lowest BCUT2D eigenvalue weighted by atomic mass is 10.1. The zero-order valence-electron chi connectivity index (χ0n) is 7.05. The molecule has 0 amide bonds. The van der Waals surface area contributed by atoms with Gasteiger partial charge < -0.3 is 30.5 Å². The number of carbonyl (C=O) groups is 1. The molecule has 0 aliphatic heterocycles. The molecule has 0 aromatic carbocycles. The standard InChI is InChI=1S/C5H12NO7P/c6-3(1-7)5(9)4(2-8)13-14(10,11)12/h2-5,7,9H,1,6H2,(H2,10,11,12)/t3-,4-,5-/m0/s1. The van der Waals surface area contributed by atoms with Crippen molar-refractivity contribution in [2.24, 2.45) is 5.73 Å². The molecule has 0 unspecified atom stereocenters. The second kappa shape index (κ2) is 5.52. The van der Waals surface area contributed by atoms with Crippen LogP contribution in [0.3, 0.4) is 0 Å². The van der Waals surface area contributed by atoms with E-state index in [9.17, 15) is 9.36 Å². The first kappa shape index (κ1) is 13.7. The summed E-state index contributed by atoms with van der Waals surface area (Å²) >= 11 is 0. The van der Waals surface area contributed by atoms with Gasteiger partial charge in [0.15, 0.2) is 12.4 Å². The van der Waals surface area contributed by atoms with Gasteiger partial charge in [-0.05, 0) is 0 Å². The van der Waals surface area contributed by atoms with E-state index in [1.165, 1.54) is 0 Å². The maximum Gasteiger partial charge on any atom is 0.470 e. The lowest BCUT2D eigenvalue weighted by molar-refractivity contribution is -0.120. The Labute approximate surface area is 79.5 Å². The van der Waals surface area contributed by atoms with Gasteiger partial charge in [-0.3, -0.25) is 4.52 Å². The van der Waals surface area contributed by atoms with E-state index in [0.717, 1.165) is 0 Å². The maximum absolute atomic E-state index is 10.3. The number of hydrogen-bond acceptors (Lipinski definition) is 6. The quantitative estimate of drug-likeness (QED) is 0.244. The first-order chi connectivity index (χ1) is 6.31. The molecular formula is C5H12NO7P. The molecule has 0 aliphatic rings. The van der Waals surface area contributed by atoms with Crippen molar-refractivity contribution in [2.45, 2.75) is 18.2 Å². The Balaban J connectivity index is 4.41. The van der Waals surface area contributed by atoms with Crippen LogP contribution in [0.25, 0.3) is 0 Å². The molecular weight excluding hydrogens is 217 g/mol. The monoisotopic (exact) mass is 229 g/mol. The molecule has 0 heterocycles. The molecule has 0 saturated carbocycles. The Kier molecular flexibility index (Phi) is 5.38. The molecule has 0 spiro atoms. The van der Waals surface area contributed by atoms with Crippen LogP contribution in [0.4, 0.5) is 0 Å². The second-order valence-electron chi connectivity index (χ2n) is 2.53. The van der Waals surface area contributed by atoms with Crippen LogP contribution in [-0.2, 0) is 13.9 Å². The summed E-state index contributed by atoms with van der Waals surface area (Å²) in [7, 11) is -4.87. The largest absolute Gasteiger partial charge is 0.470 e. The summed E-state index contributed by atoms with van der Waals surface area (Å²) in [4.78, 5) is 27.0. The Morgan fingerprint density at radius 2 is 2.00 bits per heavy atom. The van der Waals surface area contributed by atoms with E-state index >= 15 is 0 Å². The molecule has 0 bridgehead atoms. The average molecular weight is 229 g/mol. The number of aliphatic hydroxyl groups is 2. The van der Waals surface area contributed by atoms with Gasteiger partial charge in [-0.2, -0.15) is 0 Å². The van der Waals surface area contributed by atoms with Crippen LogP contribution in [0.2, 0.25) is 0 Å². The highest BCUT2D eigenvalue weighted by molar-refractivity contribution is 7.46. The Hall–Kier alpha value is -0.340. The first-order valence-electron chi connectivity index (χ1n) is 3.55. The normalized spacial score (nSPS) is 18.6. The van der Waals surface area contributed by atoms with Crippen molar-refractivity contribution in [3.05, 3.63) is 0 Å². The minimum atomic E-state index is -4.87. The van der Waals surface area contributed by atoms with Crippen molar-refractivity contribution in [3.8, 4) is 0 Å². The summed E-state index contributed by atoms with van der Waals surface area (Å²) in [6, 6.07) is -1.21. The highest BCUT2D eigenvalue weighted by atomic mass is 31.2. The van der Waals surface area contributed by atoms with Crippen molar-refractivity contribution in [1.82, 2.24) is 0 Å². The Morgan fingerprint density at radius 3 is 2.29 bits per heavy atom. The number of aldehydes is 1. The Bertz CT molecular complexity index is 228. The van der Waals surface area contributed by atoms with Gasteiger partial charge in [0.25, 0.3) is 0 Å². The average Bonchev–Trinajstić information content (AvgIpc) is 2.10. The van der Waals surface area contributed by atoms with Gasteiger partial charge in [0.2, 0.25) is 0 Å². The third kappa shape index (κ3) is 4.77.